The van der Waals surface area contributed by atoms with Crippen LogP contribution in [0.1, 0.15) is 761 Å². The molecule has 5 N–H and O–H groups in total. The number of aliphatic hydroxyl groups excluding tert-OH is 5. The Morgan fingerprint density at radius 3 is 0.655 bits per heavy atom. The van der Waals surface area contributed by atoms with Crippen molar-refractivity contribution in [2.75, 3.05) is 39.6 Å². The van der Waals surface area contributed by atoms with E-state index in [1.54, 1.807) is 0 Å². The Hall–Kier alpha value is -0.240. The summed E-state index contributed by atoms with van der Waals surface area (Å²) in [6, 6.07) is 0. The molecule has 0 aromatic rings. The molecule has 0 bridgehead atoms. The average molecular weight is 2140 g/mol. The molecule has 6 nitrogen and oxygen atoms in total. The maximum Gasteiger partial charge on any atom is 0.0544 e. The zero-order chi connectivity index (χ0) is 123. The lowest BCUT2D eigenvalue weighted by molar-refractivity contribution is -0.124. The van der Waals surface area contributed by atoms with Crippen LogP contribution in [0.5, 0.6) is 0 Å². The van der Waals surface area contributed by atoms with Crippen LogP contribution >= 0.6 is 0 Å². The lowest BCUT2D eigenvalue weighted by atomic mass is 9.76. The third-order valence-corrected chi connectivity index (χ3v) is 22.3. The Kier molecular flexibility index (Phi) is 256. The van der Waals surface area contributed by atoms with Gasteiger partial charge in [-0.15, -0.1) is 0 Å². The summed E-state index contributed by atoms with van der Waals surface area (Å²) in [7, 11) is 0. The summed E-state index contributed by atoms with van der Waals surface area (Å²) >= 11 is 0. The van der Waals surface area contributed by atoms with Crippen molar-refractivity contribution in [1.29, 1.82) is 0 Å². The SMILES string of the molecule is CCC.CCC.CCC.CCC.CCC.CCC.CCC.CCC.CCC.CCC.CCC.CCC.CCC.CCC(C)(C)CC(C)C.CCC(C)(CO)CC(C)C.CCC(C)C(C)C.CCC(C)CC(C)C.CCC(CO)C(C)C.CCC(CO)CC(C)C.CCC(CO)CCC(C)C.CCC(O)CC(C)C.CCC1(CC(C)C)CC1.CCC1(CC(C)C)COC1.CCCC(C)C.CCCCC(C)C.CCCCCC(C)C. The van der Waals surface area contributed by atoms with Crippen LogP contribution in [-0.4, -0.2) is 71.3 Å². The number of aliphatic hydroxyl groups is 5. The zero-order valence-electron chi connectivity index (χ0n) is 120. The van der Waals surface area contributed by atoms with Gasteiger partial charge in [0.15, 0.2) is 0 Å². The van der Waals surface area contributed by atoms with E-state index < -0.39 is 0 Å². The highest BCUT2D eigenvalue weighted by Crippen LogP contribution is 2.53. The van der Waals surface area contributed by atoms with Crippen LogP contribution in [0.25, 0.3) is 0 Å². The van der Waals surface area contributed by atoms with E-state index in [4.69, 9.17) is 30.3 Å². The molecule has 2 fully saturated rings. The second-order valence-electron chi connectivity index (χ2n) is 50.3. The first kappa shape index (κ1) is 208. The Bertz CT molecular complexity index is 1720. The molecule has 1 heterocycles. The molecule has 0 aromatic carbocycles. The summed E-state index contributed by atoms with van der Waals surface area (Å²) in [5, 5.41) is 44.4. The van der Waals surface area contributed by atoms with E-state index in [1.807, 2.05) is 6.92 Å². The van der Waals surface area contributed by atoms with Crippen LogP contribution in [0.15, 0.2) is 0 Å². The Balaban J connectivity index is -0.0000000497. The van der Waals surface area contributed by atoms with Crippen LogP contribution < -0.4 is 0 Å². The third-order valence-electron chi connectivity index (χ3n) is 22.3. The standard InChI is InChI=1S/C9H18O.2C9H20O.C9H18.C9H20.C8H18O.2C8H18.2C7H16O.2C7H16.C6H14.13C3H8/c1-4-9(5-8(2)3)6-10-7-9;1-5-9(4,7-10)6-8(2)3;1-4-9(7-10)6-5-8(2)3;1-4-9(5-6-9)7-8(2)3;1-6-9(4,5)7-8(2)3;1-4-8(6-9)5-7(2)3;1-5-8(4)6-7(2)3;1-4-5-6-7-8(2)3;1-4-7(5-8)6(2)3;1-4-7(8)5-6(2)3;1-5-7(4)6(2)3;1-4-5-6-7(2)3;1-4-5-6(2)3;13*1-3-2/h8H,4-7H2,1-3H3;8,10H,5-7H2,1-4H3;8-10H,4-7H2,1-3H3;8H,4-7H2,1-3H3;8H,6-7H2,1-5H3;7-9H,4-6H2,1-3H3;7-8H,5-6H2,1-4H3;8H,4-7H2,1-3H3;2*6-8H,4-5H2,1-3H3;6-7H,5H2,1-4H3;7H,4-6H2,1-3H3;6H,4-5H2,1-3H3;13*3H2,1-2H3. The molecule has 0 spiro atoms. The lowest BCUT2D eigenvalue weighted by Crippen LogP contribution is -2.42. The molecule has 0 aromatic heterocycles. The van der Waals surface area contributed by atoms with E-state index in [-0.39, 0.29) is 11.5 Å². The zero-order valence-corrected chi connectivity index (χ0v) is 120. The van der Waals surface area contributed by atoms with Crippen molar-refractivity contribution in [1.82, 2.24) is 0 Å². The molecule has 1 aliphatic carbocycles. The molecule has 0 amide bonds. The minimum atomic E-state index is -0.0741. The quantitative estimate of drug-likeness (QED) is 0.0390. The fraction of sp³-hybridized carbons (Fsp3) is 1.00. The number of unbranched alkanes of at least 4 members (excludes halogenated alkanes) is 3. The number of hydrogen-bond donors (Lipinski definition) is 5. The van der Waals surface area contributed by atoms with Gasteiger partial charge in [0.25, 0.3) is 0 Å². The maximum absolute atomic E-state index is 9.03. The van der Waals surface area contributed by atoms with Gasteiger partial charge in [-0.25, -0.2) is 0 Å². The van der Waals surface area contributed by atoms with Crippen molar-refractivity contribution in [3.05, 3.63) is 0 Å². The second kappa shape index (κ2) is 182. The summed E-state index contributed by atoms with van der Waals surface area (Å²) in [6.45, 7) is 157. The first-order chi connectivity index (χ1) is 68.7. The molecule has 936 valence electrons. The van der Waals surface area contributed by atoms with Crippen molar-refractivity contribution in [2.24, 2.45) is 128 Å². The fourth-order valence-electron chi connectivity index (χ4n) is 13.0. The van der Waals surface area contributed by atoms with Crippen LogP contribution in [0, 0.1) is 128 Å². The molecule has 1 saturated carbocycles. The molecular formula is C142H332O6. The first-order valence-electron chi connectivity index (χ1n) is 66.4. The molecule has 2 aliphatic rings. The van der Waals surface area contributed by atoms with Gasteiger partial charge in [0, 0.05) is 31.8 Å². The van der Waals surface area contributed by atoms with Gasteiger partial charge in [0.05, 0.1) is 19.3 Å². The maximum atomic E-state index is 9.03. The van der Waals surface area contributed by atoms with Gasteiger partial charge in [0.2, 0.25) is 0 Å². The van der Waals surface area contributed by atoms with E-state index in [1.165, 1.54) is 225 Å². The number of hydrogen-bond acceptors (Lipinski definition) is 6. The van der Waals surface area contributed by atoms with Crippen LogP contribution in [0.3, 0.4) is 0 Å². The van der Waals surface area contributed by atoms with Gasteiger partial charge in [-0.2, -0.15) is 0 Å². The summed E-state index contributed by atoms with van der Waals surface area (Å²) in [5.41, 5.74) is 2.10. The molecule has 1 aliphatic heterocycles. The highest BCUT2D eigenvalue weighted by Gasteiger charge is 2.40. The second-order valence-corrected chi connectivity index (χ2v) is 50.3. The van der Waals surface area contributed by atoms with Crippen molar-refractivity contribution in [3.63, 3.8) is 0 Å². The highest BCUT2D eigenvalue weighted by molar-refractivity contribution is 4.92. The Morgan fingerprint density at radius 1 is 0.257 bits per heavy atom. The average Bonchev–Trinajstić information content (AvgIpc) is 1.66. The van der Waals surface area contributed by atoms with Gasteiger partial charge in [-0.05, 0) is 206 Å². The molecule has 148 heavy (non-hydrogen) atoms. The Morgan fingerprint density at radius 2 is 0.561 bits per heavy atom. The van der Waals surface area contributed by atoms with Crippen LogP contribution in [0.4, 0.5) is 0 Å². The van der Waals surface area contributed by atoms with E-state index in [0.717, 1.165) is 141 Å². The molecule has 7 atom stereocenters. The minimum Gasteiger partial charge on any atom is -0.396 e. The van der Waals surface area contributed by atoms with Gasteiger partial charge in [0.1, 0.15) is 0 Å². The Labute approximate surface area is 958 Å². The van der Waals surface area contributed by atoms with Crippen LogP contribution in [-0.2, 0) is 4.74 Å². The van der Waals surface area contributed by atoms with Gasteiger partial charge < -0.3 is 30.3 Å². The van der Waals surface area contributed by atoms with Crippen molar-refractivity contribution in [2.45, 2.75) is 767 Å². The highest BCUT2D eigenvalue weighted by atomic mass is 16.5. The fourth-order valence-corrected chi connectivity index (χ4v) is 13.0. The topological polar surface area (TPSA) is 110 Å². The number of rotatable bonds is 42. The monoisotopic (exact) mass is 2130 g/mol. The summed E-state index contributed by atoms with van der Waals surface area (Å²) < 4.78 is 5.23. The van der Waals surface area contributed by atoms with Gasteiger partial charge in [-0.3, -0.25) is 0 Å². The smallest absolute Gasteiger partial charge is 0.0544 e. The summed E-state index contributed by atoms with van der Waals surface area (Å²) in [4.78, 5) is 0. The normalized spacial score (nSPS) is 12.8. The molecule has 6 heteroatoms. The lowest BCUT2D eigenvalue weighted by Gasteiger charge is -2.42. The molecule has 0 radical (unpaired) electrons. The van der Waals surface area contributed by atoms with Gasteiger partial charge >= 0.3 is 0 Å². The van der Waals surface area contributed by atoms with E-state index in [2.05, 4.69) is 478 Å². The van der Waals surface area contributed by atoms with Crippen molar-refractivity contribution < 1.29 is 30.3 Å². The van der Waals surface area contributed by atoms with E-state index in [9.17, 15) is 0 Å². The molecule has 1 saturated heterocycles. The van der Waals surface area contributed by atoms with Crippen molar-refractivity contribution in [3.8, 4) is 0 Å². The number of ether oxygens (including phenoxy) is 1. The molecular weight excluding hydrogens is 1800 g/mol. The predicted molar refractivity (Wildman–Crippen MR) is 713 cm³/mol. The van der Waals surface area contributed by atoms with E-state index >= 15 is 0 Å². The summed E-state index contributed by atoms with van der Waals surface area (Å²) in [5.74, 6) is 13.9. The first-order valence-corrected chi connectivity index (χ1v) is 66.4. The van der Waals surface area contributed by atoms with Crippen molar-refractivity contribution >= 4 is 0 Å². The van der Waals surface area contributed by atoms with E-state index in [0.29, 0.717) is 72.8 Å². The summed E-state index contributed by atoms with van der Waals surface area (Å²) in [6.07, 6.45) is 54.7. The van der Waals surface area contributed by atoms with Gasteiger partial charge in [-0.1, -0.05) is 677 Å². The molecule has 7 unspecified atom stereocenters. The third kappa shape index (κ3) is 289. The largest absolute Gasteiger partial charge is 0.396 e. The molecule has 2 rings (SSSR count). The van der Waals surface area contributed by atoms with Crippen LogP contribution in [0.2, 0.25) is 0 Å². The predicted octanol–water partition coefficient (Wildman–Crippen LogP) is 52.2. The minimum absolute atomic E-state index is 0.0741.